The first-order valence-corrected chi connectivity index (χ1v) is 8.21. The van der Waals surface area contributed by atoms with Gasteiger partial charge in [-0.2, -0.15) is 0 Å². The summed E-state index contributed by atoms with van der Waals surface area (Å²) in [7, 11) is 0. The molecule has 3 atom stereocenters. The highest BCUT2D eigenvalue weighted by atomic mass is 79.9. The number of nitrogens with one attached hydrogen (secondary N) is 1. The van der Waals surface area contributed by atoms with Crippen molar-refractivity contribution in [3.05, 3.63) is 34.3 Å². The Balaban J connectivity index is 1.71. The minimum atomic E-state index is 0.471. The lowest BCUT2D eigenvalue weighted by Gasteiger charge is -2.39. The van der Waals surface area contributed by atoms with Crippen molar-refractivity contribution >= 4 is 15.9 Å². The van der Waals surface area contributed by atoms with E-state index in [0.717, 1.165) is 12.5 Å². The van der Waals surface area contributed by atoms with E-state index >= 15 is 0 Å². The third-order valence-electron chi connectivity index (χ3n) is 6.29. The zero-order valence-electron chi connectivity index (χ0n) is 12.2. The molecule has 3 unspecified atom stereocenters. The molecule has 2 bridgehead atoms. The number of hydrogen-bond acceptors (Lipinski definition) is 1. The topological polar surface area (TPSA) is 12.0 Å². The van der Waals surface area contributed by atoms with E-state index in [1.54, 1.807) is 0 Å². The van der Waals surface area contributed by atoms with Crippen molar-refractivity contribution in [1.29, 1.82) is 0 Å². The molecule has 0 saturated heterocycles. The molecule has 3 rings (SSSR count). The van der Waals surface area contributed by atoms with E-state index < -0.39 is 0 Å². The molecule has 2 fully saturated rings. The number of rotatable bonds is 3. The summed E-state index contributed by atoms with van der Waals surface area (Å²) in [5, 5.41) is 3.84. The maximum absolute atomic E-state index is 3.84. The summed E-state index contributed by atoms with van der Waals surface area (Å²) in [5.74, 6) is 0.911. The molecular weight excluding hydrogens is 298 g/mol. The summed E-state index contributed by atoms with van der Waals surface area (Å²) < 4.78 is 1.22. The first kappa shape index (κ1) is 13.6. The molecule has 0 aliphatic heterocycles. The van der Waals surface area contributed by atoms with Crippen LogP contribution in [0.3, 0.4) is 0 Å². The second kappa shape index (κ2) is 4.60. The molecule has 1 aromatic rings. The molecule has 1 nitrogen and oxygen atoms in total. The van der Waals surface area contributed by atoms with Gasteiger partial charge in [-0.25, -0.2) is 0 Å². The summed E-state index contributed by atoms with van der Waals surface area (Å²) in [4.78, 5) is 0. The van der Waals surface area contributed by atoms with Crippen LogP contribution in [0.1, 0.15) is 45.6 Å². The van der Waals surface area contributed by atoms with Crippen molar-refractivity contribution in [1.82, 2.24) is 5.32 Å². The summed E-state index contributed by atoms with van der Waals surface area (Å²) in [6.45, 7) is 8.43. The molecular formula is C17H24BrN. The molecule has 2 saturated carbocycles. The van der Waals surface area contributed by atoms with Crippen molar-refractivity contribution in [2.45, 2.75) is 52.6 Å². The van der Waals surface area contributed by atoms with Gasteiger partial charge in [0, 0.05) is 17.1 Å². The van der Waals surface area contributed by atoms with Crippen LogP contribution >= 0.6 is 15.9 Å². The van der Waals surface area contributed by atoms with Gasteiger partial charge in [0.1, 0.15) is 0 Å². The predicted molar refractivity (Wildman–Crippen MR) is 84.0 cm³/mol. The quantitative estimate of drug-likeness (QED) is 0.846. The average molecular weight is 322 g/mol. The highest BCUT2D eigenvalue weighted by Crippen LogP contribution is 2.65. The van der Waals surface area contributed by atoms with Crippen LogP contribution in [0.25, 0.3) is 0 Å². The first-order chi connectivity index (χ1) is 8.95. The van der Waals surface area contributed by atoms with Gasteiger partial charge < -0.3 is 5.32 Å². The molecule has 1 aromatic carbocycles. The Morgan fingerprint density at radius 3 is 2.58 bits per heavy atom. The summed E-state index contributed by atoms with van der Waals surface area (Å²) in [5.41, 5.74) is 2.34. The van der Waals surface area contributed by atoms with Gasteiger partial charge in [-0.3, -0.25) is 0 Å². The van der Waals surface area contributed by atoms with Crippen LogP contribution in [0.4, 0.5) is 0 Å². The minimum absolute atomic E-state index is 0.471. The fraction of sp³-hybridized carbons (Fsp3) is 0.647. The van der Waals surface area contributed by atoms with Crippen LogP contribution in [0.5, 0.6) is 0 Å². The normalized spacial score (nSPS) is 35.8. The number of halogens is 1. The molecule has 2 heteroatoms. The minimum Gasteiger partial charge on any atom is -0.309 e. The molecule has 2 aliphatic rings. The van der Waals surface area contributed by atoms with Gasteiger partial charge in [0.2, 0.25) is 0 Å². The van der Waals surface area contributed by atoms with Crippen molar-refractivity contribution in [2.24, 2.45) is 16.7 Å². The fourth-order valence-corrected chi connectivity index (χ4v) is 4.81. The molecule has 2 aliphatic carbocycles. The second-order valence-electron chi connectivity index (χ2n) is 7.14. The first-order valence-electron chi connectivity index (χ1n) is 7.42. The van der Waals surface area contributed by atoms with Crippen LogP contribution < -0.4 is 5.32 Å². The van der Waals surface area contributed by atoms with Crippen LogP contribution in [0.15, 0.2) is 28.7 Å². The molecule has 0 heterocycles. The largest absolute Gasteiger partial charge is 0.309 e. The van der Waals surface area contributed by atoms with Gasteiger partial charge in [0.05, 0.1) is 0 Å². The van der Waals surface area contributed by atoms with Crippen molar-refractivity contribution in [3.8, 4) is 0 Å². The summed E-state index contributed by atoms with van der Waals surface area (Å²) in [6.07, 6.45) is 4.17. The maximum Gasteiger partial charge on any atom is 0.0220 e. The lowest BCUT2D eigenvalue weighted by atomic mass is 9.69. The molecule has 104 valence electrons. The van der Waals surface area contributed by atoms with Crippen molar-refractivity contribution in [3.63, 3.8) is 0 Å². The van der Waals surface area contributed by atoms with Crippen LogP contribution in [-0.2, 0) is 6.54 Å². The van der Waals surface area contributed by atoms with Crippen LogP contribution in [0, 0.1) is 16.7 Å². The zero-order valence-corrected chi connectivity index (χ0v) is 13.8. The SMILES string of the molecule is CC1(C)C2CCC1(C)C(NCc1ccccc1Br)C2. The standard InChI is InChI=1S/C17H24BrN/c1-16(2)13-8-9-17(16,3)15(10-13)19-11-12-6-4-5-7-14(12)18/h4-7,13,15,19H,8-11H2,1-3H3. The van der Waals surface area contributed by atoms with Gasteiger partial charge >= 0.3 is 0 Å². The third kappa shape index (κ3) is 1.99. The Hall–Kier alpha value is -0.340. The maximum atomic E-state index is 3.84. The summed E-state index contributed by atoms with van der Waals surface area (Å²) >= 11 is 3.64. The monoisotopic (exact) mass is 321 g/mol. The Bertz CT molecular complexity index is 482. The van der Waals surface area contributed by atoms with Gasteiger partial charge in [-0.1, -0.05) is 54.9 Å². The average Bonchev–Trinajstić information content (AvgIpc) is 2.70. The number of benzene rings is 1. The van der Waals surface area contributed by atoms with E-state index in [2.05, 4.69) is 66.3 Å². The highest BCUT2D eigenvalue weighted by Gasteiger charge is 2.60. The number of hydrogen-bond donors (Lipinski definition) is 1. The third-order valence-corrected chi connectivity index (χ3v) is 7.06. The van der Waals surface area contributed by atoms with E-state index in [1.807, 2.05) is 0 Å². The van der Waals surface area contributed by atoms with E-state index in [-0.39, 0.29) is 0 Å². The van der Waals surface area contributed by atoms with Crippen molar-refractivity contribution < 1.29 is 0 Å². The molecule has 0 aromatic heterocycles. The van der Waals surface area contributed by atoms with E-state index in [0.29, 0.717) is 16.9 Å². The Kier molecular flexibility index (Phi) is 3.30. The highest BCUT2D eigenvalue weighted by molar-refractivity contribution is 9.10. The predicted octanol–water partition coefficient (Wildman–Crippen LogP) is 4.75. The van der Waals surface area contributed by atoms with Gasteiger partial charge in [0.15, 0.2) is 0 Å². The Morgan fingerprint density at radius 1 is 1.26 bits per heavy atom. The molecule has 1 N–H and O–H groups in total. The van der Waals surface area contributed by atoms with Crippen molar-refractivity contribution in [2.75, 3.05) is 0 Å². The van der Waals surface area contributed by atoms with Gasteiger partial charge in [0.25, 0.3) is 0 Å². The van der Waals surface area contributed by atoms with Crippen LogP contribution in [0.2, 0.25) is 0 Å². The molecule has 19 heavy (non-hydrogen) atoms. The van der Waals surface area contributed by atoms with Gasteiger partial charge in [-0.15, -0.1) is 0 Å². The Morgan fingerprint density at radius 2 is 2.00 bits per heavy atom. The lowest BCUT2D eigenvalue weighted by Crippen LogP contribution is -2.44. The fourth-order valence-electron chi connectivity index (χ4n) is 4.39. The number of fused-ring (bicyclic) bond motifs is 2. The van der Waals surface area contributed by atoms with Crippen LogP contribution in [-0.4, -0.2) is 6.04 Å². The summed E-state index contributed by atoms with van der Waals surface area (Å²) in [6, 6.07) is 9.21. The van der Waals surface area contributed by atoms with E-state index in [4.69, 9.17) is 0 Å². The van der Waals surface area contributed by atoms with Gasteiger partial charge in [-0.05, 0) is 47.6 Å². The molecule has 0 amide bonds. The lowest BCUT2D eigenvalue weighted by molar-refractivity contribution is 0.120. The molecule has 0 radical (unpaired) electrons. The van der Waals surface area contributed by atoms with E-state index in [9.17, 15) is 0 Å². The zero-order chi connectivity index (χ0) is 13.7. The smallest absolute Gasteiger partial charge is 0.0220 e. The molecule has 0 spiro atoms. The van der Waals surface area contributed by atoms with E-state index in [1.165, 1.54) is 29.3 Å². The second-order valence-corrected chi connectivity index (χ2v) is 7.99. The Labute approximate surface area is 125 Å².